The normalized spacial score (nSPS) is 12.0. The zero-order chi connectivity index (χ0) is 10.6. The highest BCUT2D eigenvalue weighted by Crippen LogP contribution is 2.17. The molecule has 0 radical (unpaired) electrons. The van der Waals surface area contributed by atoms with Crippen LogP contribution in [0.3, 0.4) is 0 Å². The molecule has 0 N–H and O–H groups in total. The van der Waals surface area contributed by atoms with Crippen molar-refractivity contribution >= 4 is 12.0 Å². The van der Waals surface area contributed by atoms with Gasteiger partial charge >= 0.3 is 0 Å². The van der Waals surface area contributed by atoms with Gasteiger partial charge in [0.15, 0.2) is 5.69 Å². The molecule has 0 amide bonds. The Hall–Kier alpha value is -1.35. The summed E-state index contributed by atoms with van der Waals surface area (Å²) in [7, 11) is 8.04. The van der Waals surface area contributed by atoms with E-state index < -0.39 is 0 Å². The Morgan fingerprint density at radius 1 is 1.14 bits per heavy atom. The van der Waals surface area contributed by atoms with Gasteiger partial charge in [-0.15, -0.1) is 0 Å². The van der Waals surface area contributed by atoms with E-state index in [0.717, 1.165) is 0 Å². The summed E-state index contributed by atoms with van der Waals surface area (Å²) in [6, 6.07) is 10.2. The molecule has 1 rings (SSSR count). The molecular weight excluding hydrogens is 174 g/mol. The van der Waals surface area contributed by atoms with Crippen LogP contribution in [0, 0.1) is 0 Å². The van der Waals surface area contributed by atoms with Gasteiger partial charge in [-0.05, 0) is 0 Å². The smallest absolute Gasteiger partial charge is 0.158 e. The standard InChI is InChI=1S/C11H18N3/c1-13(2)10-12-14(3,4)11-8-6-5-7-9-11/h5-10H,1-4H3/q+1/b12-10+. The molecule has 0 unspecified atom stereocenters. The maximum Gasteiger partial charge on any atom is 0.158 e. The second-order valence-electron chi connectivity index (χ2n) is 3.92. The van der Waals surface area contributed by atoms with Crippen molar-refractivity contribution in [2.45, 2.75) is 0 Å². The molecule has 3 nitrogen and oxygen atoms in total. The fourth-order valence-corrected chi connectivity index (χ4v) is 1.09. The van der Waals surface area contributed by atoms with Crippen LogP contribution < -0.4 is 4.59 Å². The Labute approximate surface area is 85.9 Å². The largest absolute Gasteiger partial charge is 0.364 e. The van der Waals surface area contributed by atoms with Crippen molar-refractivity contribution in [1.29, 1.82) is 0 Å². The molecule has 0 saturated carbocycles. The Bertz CT molecular complexity index is 302. The Morgan fingerprint density at radius 2 is 1.71 bits per heavy atom. The lowest BCUT2D eigenvalue weighted by Crippen LogP contribution is -2.35. The molecular formula is C11H18N3+. The van der Waals surface area contributed by atoms with Gasteiger partial charge in [-0.25, -0.2) is 0 Å². The third-order valence-corrected chi connectivity index (χ3v) is 1.96. The summed E-state index contributed by atoms with van der Waals surface area (Å²) in [5, 5.41) is 4.46. The van der Waals surface area contributed by atoms with E-state index >= 15 is 0 Å². The number of benzene rings is 1. The highest BCUT2D eigenvalue weighted by atomic mass is 15.6. The maximum atomic E-state index is 4.46. The van der Waals surface area contributed by atoms with Gasteiger partial charge < -0.3 is 4.90 Å². The molecule has 0 saturated heterocycles. The fourth-order valence-electron chi connectivity index (χ4n) is 1.09. The summed E-state index contributed by atoms with van der Waals surface area (Å²) in [5.41, 5.74) is 1.17. The van der Waals surface area contributed by atoms with Crippen molar-refractivity contribution in [2.24, 2.45) is 5.10 Å². The predicted octanol–water partition coefficient (Wildman–Crippen LogP) is 1.76. The number of hydrogen-bond acceptors (Lipinski definition) is 1. The quantitative estimate of drug-likeness (QED) is 0.308. The van der Waals surface area contributed by atoms with Gasteiger partial charge in [0.2, 0.25) is 0 Å². The Balaban J connectivity index is 2.86. The average molecular weight is 192 g/mol. The van der Waals surface area contributed by atoms with E-state index in [0.29, 0.717) is 4.59 Å². The van der Waals surface area contributed by atoms with Crippen LogP contribution in [0.25, 0.3) is 0 Å². The highest BCUT2D eigenvalue weighted by molar-refractivity contribution is 5.55. The second-order valence-corrected chi connectivity index (χ2v) is 3.92. The molecule has 0 heterocycles. The van der Waals surface area contributed by atoms with Gasteiger partial charge in [-0.1, -0.05) is 23.3 Å². The maximum absolute atomic E-state index is 4.46. The molecule has 1 aromatic carbocycles. The lowest BCUT2D eigenvalue weighted by molar-refractivity contribution is 0.417. The molecule has 0 fully saturated rings. The molecule has 0 aliphatic heterocycles. The number of hydrogen-bond donors (Lipinski definition) is 0. The van der Waals surface area contributed by atoms with Gasteiger partial charge in [-0.2, -0.15) is 4.59 Å². The third-order valence-electron chi connectivity index (χ3n) is 1.96. The van der Waals surface area contributed by atoms with Gasteiger partial charge in [-0.3, -0.25) is 0 Å². The number of nitrogens with zero attached hydrogens (tertiary/aromatic N) is 3. The molecule has 0 spiro atoms. The van der Waals surface area contributed by atoms with Crippen LogP contribution in [0.4, 0.5) is 5.69 Å². The number of rotatable bonds is 3. The first-order chi connectivity index (χ1) is 6.52. The van der Waals surface area contributed by atoms with Crippen molar-refractivity contribution in [1.82, 2.24) is 9.49 Å². The van der Waals surface area contributed by atoms with Gasteiger partial charge in [0.25, 0.3) is 0 Å². The van der Waals surface area contributed by atoms with Gasteiger partial charge in [0.05, 0.1) is 14.1 Å². The molecule has 14 heavy (non-hydrogen) atoms. The van der Waals surface area contributed by atoms with E-state index in [1.165, 1.54) is 5.69 Å². The van der Waals surface area contributed by atoms with Crippen LogP contribution in [-0.4, -0.2) is 39.4 Å². The fraction of sp³-hybridized carbons (Fsp3) is 0.364. The van der Waals surface area contributed by atoms with Crippen molar-refractivity contribution in [3.05, 3.63) is 30.3 Å². The lowest BCUT2D eigenvalue weighted by Gasteiger charge is -2.21. The van der Waals surface area contributed by atoms with Gasteiger partial charge in [0.1, 0.15) is 6.34 Å². The van der Waals surface area contributed by atoms with Crippen LogP contribution in [0.15, 0.2) is 35.4 Å². The minimum Gasteiger partial charge on any atom is -0.364 e. The van der Waals surface area contributed by atoms with Crippen molar-refractivity contribution in [3.8, 4) is 0 Å². The van der Waals surface area contributed by atoms with Crippen molar-refractivity contribution in [2.75, 3.05) is 28.2 Å². The van der Waals surface area contributed by atoms with E-state index in [1.807, 2.05) is 43.5 Å². The topological polar surface area (TPSA) is 15.6 Å². The SMILES string of the molecule is CN(C)/C=N/[N+](C)(C)c1ccccc1. The zero-order valence-electron chi connectivity index (χ0n) is 9.31. The molecule has 1 aromatic rings. The highest BCUT2D eigenvalue weighted by Gasteiger charge is 2.16. The van der Waals surface area contributed by atoms with E-state index in [1.54, 1.807) is 0 Å². The molecule has 0 aliphatic rings. The molecule has 3 heteroatoms. The van der Waals surface area contributed by atoms with Crippen LogP contribution in [0.5, 0.6) is 0 Å². The molecule has 0 bridgehead atoms. The molecule has 0 aromatic heterocycles. The summed E-state index contributed by atoms with van der Waals surface area (Å²) in [5.74, 6) is 0. The van der Waals surface area contributed by atoms with Crippen molar-refractivity contribution < 1.29 is 0 Å². The monoisotopic (exact) mass is 192 g/mol. The first-order valence-corrected chi connectivity index (χ1v) is 4.64. The van der Waals surface area contributed by atoms with Crippen LogP contribution in [-0.2, 0) is 0 Å². The average Bonchev–Trinajstić information content (AvgIpc) is 2.16. The zero-order valence-corrected chi connectivity index (χ0v) is 9.31. The Morgan fingerprint density at radius 3 is 2.21 bits per heavy atom. The minimum absolute atomic E-state index is 0.513. The van der Waals surface area contributed by atoms with E-state index in [4.69, 9.17) is 0 Å². The summed E-state index contributed by atoms with van der Waals surface area (Å²) < 4.78 is 0.513. The minimum atomic E-state index is 0.513. The summed E-state index contributed by atoms with van der Waals surface area (Å²) in [6.07, 6.45) is 1.83. The van der Waals surface area contributed by atoms with E-state index in [9.17, 15) is 0 Å². The van der Waals surface area contributed by atoms with Gasteiger partial charge in [0, 0.05) is 26.2 Å². The third kappa shape index (κ3) is 2.85. The Kier molecular flexibility index (Phi) is 3.25. The first kappa shape index (κ1) is 10.7. The molecule has 76 valence electrons. The number of para-hydroxylation sites is 1. The second kappa shape index (κ2) is 4.24. The molecule has 0 aliphatic carbocycles. The summed E-state index contributed by atoms with van der Waals surface area (Å²) >= 11 is 0. The van der Waals surface area contributed by atoms with Crippen LogP contribution >= 0.6 is 0 Å². The number of quaternary nitrogens is 1. The molecule has 0 atom stereocenters. The van der Waals surface area contributed by atoms with Crippen LogP contribution in [0.2, 0.25) is 0 Å². The summed E-state index contributed by atoms with van der Waals surface area (Å²) in [6.45, 7) is 0. The summed E-state index contributed by atoms with van der Waals surface area (Å²) in [4.78, 5) is 1.93. The van der Waals surface area contributed by atoms with Crippen molar-refractivity contribution in [3.63, 3.8) is 0 Å². The van der Waals surface area contributed by atoms with Crippen LogP contribution in [0.1, 0.15) is 0 Å². The lowest BCUT2D eigenvalue weighted by atomic mass is 10.3. The first-order valence-electron chi connectivity index (χ1n) is 4.64. The van der Waals surface area contributed by atoms with E-state index in [2.05, 4.69) is 31.3 Å². The predicted molar refractivity (Wildman–Crippen MR) is 62.3 cm³/mol. The van der Waals surface area contributed by atoms with E-state index in [-0.39, 0.29) is 0 Å².